The van der Waals surface area contributed by atoms with Gasteiger partial charge in [0.2, 0.25) is 5.91 Å². The average molecular weight is 394 g/mol. The van der Waals surface area contributed by atoms with Crippen molar-refractivity contribution in [3.63, 3.8) is 0 Å². The summed E-state index contributed by atoms with van der Waals surface area (Å²) >= 11 is 0. The molecule has 0 aliphatic rings. The van der Waals surface area contributed by atoms with E-state index < -0.39 is 30.1 Å². The molecule has 0 heterocycles. The molecular formula is C19H26N2O7. The molecule has 0 aromatic heterocycles. The largest absolute Gasteiger partial charge is 0.467 e. The molecule has 0 fully saturated rings. The van der Waals surface area contributed by atoms with Gasteiger partial charge in [-0.3, -0.25) is 4.79 Å². The second kappa shape index (κ2) is 12.4. The van der Waals surface area contributed by atoms with Crippen LogP contribution in [0.3, 0.4) is 0 Å². The minimum Gasteiger partial charge on any atom is -0.467 e. The van der Waals surface area contributed by atoms with Crippen LogP contribution in [0.4, 0.5) is 4.79 Å². The van der Waals surface area contributed by atoms with Gasteiger partial charge in [-0.2, -0.15) is 0 Å². The molecule has 1 rings (SSSR count). The third-order valence-electron chi connectivity index (χ3n) is 3.72. The zero-order valence-electron chi connectivity index (χ0n) is 16.0. The van der Waals surface area contributed by atoms with Crippen LogP contribution >= 0.6 is 0 Å². The number of Topliss-reactive ketones (excluding diaryl/α,β-unsaturated/α-hetero) is 1. The van der Waals surface area contributed by atoms with Crippen LogP contribution in [0.1, 0.15) is 31.7 Å². The summed E-state index contributed by atoms with van der Waals surface area (Å²) < 4.78 is 9.59. The first-order valence-corrected chi connectivity index (χ1v) is 8.81. The molecule has 1 aromatic rings. The molecule has 3 N–H and O–H groups in total. The summed E-state index contributed by atoms with van der Waals surface area (Å²) in [5, 5.41) is 14.7. The zero-order valence-corrected chi connectivity index (χ0v) is 16.0. The summed E-state index contributed by atoms with van der Waals surface area (Å²) in [7, 11) is 1.18. The van der Waals surface area contributed by atoms with Crippen LogP contribution in [0.5, 0.6) is 0 Å². The van der Waals surface area contributed by atoms with Gasteiger partial charge in [0.1, 0.15) is 18.4 Å². The highest BCUT2D eigenvalue weighted by molar-refractivity contribution is 5.85. The first-order valence-electron chi connectivity index (χ1n) is 8.81. The number of benzene rings is 1. The van der Waals surface area contributed by atoms with E-state index in [4.69, 9.17) is 4.74 Å². The smallest absolute Gasteiger partial charge is 0.407 e. The highest BCUT2D eigenvalue weighted by Crippen LogP contribution is 2.03. The lowest BCUT2D eigenvalue weighted by Gasteiger charge is -2.17. The SMILES string of the molecule is COC(=O)[C@H](CCC(C)=O)NC(=O)C[C@@H](O)CNC(=O)OCc1ccccc1. The van der Waals surface area contributed by atoms with Crippen LogP contribution in [-0.4, -0.2) is 54.7 Å². The number of ketones is 1. The number of rotatable bonds is 11. The Kier molecular flexibility index (Phi) is 10.3. The number of hydrogen-bond acceptors (Lipinski definition) is 7. The molecular weight excluding hydrogens is 368 g/mol. The molecule has 1 aromatic carbocycles. The Morgan fingerprint density at radius 2 is 1.82 bits per heavy atom. The second-order valence-electron chi connectivity index (χ2n) is 6.18. The van der Waals surface area contributed by atoms with Gasteiger partial charge in [-0.1, -0.05) is 30.3 Å². The number of alkyl carbamates (subject to hydrolysis) is 1. The van der Waals surface area contributed by atoms with Gasteiger partial charge in [0.05, 0.1) is 19.6 Å². The van der Waals surface area contributed by atoms with Crippen molar-refractivity contribution in [1.82, 2.24) is 10.6 Å². The maximum atomic E-state index is 12.0. The Bertz CT molecular complexity index is 664. The lowest BCUT2D eigenvalue weighted by atomic mass is 10.1. The summed E-state index contributed by atoms with van der Waals surface area (Å²) in [6.45, 7) is 1.26. The minimum atomic E-state index is -1.17. The topological polar surface area (TPSA) is 131 Å². The first-order chi connectivity index (χ1) is 13.3. The van der Waals surface area contributed by atoms with Crippen molar-refractivity contribution in [2.24, 2.45) is 0 Å². The third kappa shape index (κ3) is 9.67. The monoisotopic (exact) mass is 394 g/mol. The second-order valence-corrected chi connectivity index (χ2v) is 6.18. The summed E-state index contributed by atoms with van der Waals surface area (Å²) in [5.74, 6) is -1.40. The summed E-state index contributed by atoms with van der Waals surface area (Å²) in [4.78, 5) is 46.3. The molecule has 9 nitrogen and oxygen atoms in total. The van der Waals surface area contributed by atoms with E-state index in [-0.39, 0.29) is 38.2 Å². The average Bonchev–Trinajstić information content (AvgIpc) is 2.67. The van der Waals surface area contributed by atoms with Crippen molar-refractivity contribution in [3.8, 4) is 0 Å². The standard InChI is InChI=1S/C19H26N2O7/c1-13(22)8-9-16(18(25)27-2)21-17(24)10-15(23)11-20-19(26)28-12-14-6-4-3-5-7-14/h3-7,15-16,23H,8-12H2,1-2H3,(H,20,26)(H,21,24)/t15-,16+/m1/s1. The lowest BCUT2D eigenvalue weighted by molar-refractivity contribution is -0.145. The van der Waals surface area contributed by atoms with Crippen LogP contribution in [0.2, 0.25) is 0 Å². The number of hydrogen-bond donors (Lipinski definition) is 3. The normalized spacial score (nSPS) is 12.4. The van der Waals surface area contributed by atoms with E-state index in [1.807, 2.05) is 18.2 Å². The van der Waals surface area contributed by atoms with Crippen LogP contribution in [-0.2, 0) is 30.5 Å². The van der Waals surface area contributed by atoms with Crippen molar-refractivity contribution < 1.29 is 33.8 Å². The number of esters is 1. The Balaban J connectivity index is 2.34. The van der Waals surface area contributed by atoms with Gasteiger partial charge in [-0.25, -0.2) is 9.59 Å². The van der Waals surface area contributed by atoms with E-state index in [2.05, 4.69) is 15.4 Å². The van der Waals surface area contributed by atoms with Crippen LogP contribution < -0.4 is 10.6 Å². The number of aliphatic hydroxyl groups excluding tert-OH is 1. The molecule has 0 saturated carbocycles. The Hall–Kier alpha value is -2.94. The predicted molar refractivity (Wildman–Crippen MR) is 99.1 cm³/mol. The Morgan fingerprint density at radius 1 is 1.14 bits per heavy atom. The third-order valence-corrected chi connectivity index (χ3v) is 3.72. The molecule has 0 spiro atoms. The minimum absolute atomic E-state index is 0.0835. The Morgan fingerprint density at radius 3 is 2.43 bits per heavy atom. The number of carbonyl (C=O) groups is 4. The number of amides is 2. The molecule has 154 valence electrons. The van der Waals surface area contributed by atoms with Gasteiger partial charge < -0.3 is 30.0 Å². The summed E-state index contributed by atoms with van der Waals surface area (Å²) in [5.41, 5.74) is 0.817. The number of carbonyl (C=O) groups excluding carboxylic acids is 4. The predicted octanol–water partition coefficient (Wildman–Crippen LogP) is 0.691. The fourth-order valence-corrected chi connectivity index (χ4v) is 2.25. The molecule has 28 heavy (non-hydrogen) atoms. The van der Waals surface area contributed by atoms with Crippen LogP contribution in [0.15, 0.2) is 30.3 Å². The van der Waals surface area contributed by atoms with Crippen molar-refractivity contribution >= 4 is 23.8 Å². The maximum absolute atomic E-state index is 12.0. The molecule has 0 unspecified atom stereocenters. The molecule has 0 aliphatic carbocycles. The first kappa shape index (κ1) is 23.1. The molecule has 0 bridgehead atoms. The van der Waals surface area contributed by atoms with Gasteiger partial charge in [-0.15, -0.1) is 0 Å². The fraction of sp³-hybridized carbons (Fsp3) is 0.474. The van der Waals surface area contributed by atoms with E-state index in [0.717, 1.165) is 5.56 Å². The lowest BCUT2D eigenvalue weighted by Crippen LogP contribution is -2.44. The number of aliphatic hydroxyl groups is 1. The molecule has 0 saturated heterocycles. The van der Waals surface area contributed by atoms with E-state index in [1.54, 1.807) is 12.1 Å². The summed E-state index contributed by atoms with van der Waals surface area (Å²) in [6, 6.07) is 8.11. The van der Waals surface area contributed by atoms with Crippen molar-refractivity contribution in [2.45, 2.75) is 44.9 Å². The highest BCUT2D eigenvalue weighted by atomic mass is 16.5. The number of ether oxygens (including phenoxy) is 2. The van der Waals surface area contributed by atoms with Gasteiger partial charge >= 0.3 is 12.1 Å². The van der Waals surface area contributed by atoms with Gasteiger partial charge in [-0.05, 0) is 18.9 Å². The number of nitrogens with one attached hydrogen (secondary N) is 2. The van der Waals surface area contributed by atoms with E-state index in [1.165, 1.54) is 14.0 Å². The maximum Gasteiger partial charge on any atom is 0.407 e. The van der Waals surface area contributed by atoms with Crippen LogP contribution in [0, 0.1) is 0 Å². The molecule has 2 amide bonds. The zero-order chi connectivity index (χ0) is 20.9. The number of methoxy groups -OCH3 is 1. The van der Waals surface area contributed by atoms with Gasteiger partial charge in [0, 0.05) is 13.0 Å². The van der Waals surface area contributed by atoms with Gasteiger partial charge in [0.25, 0.3) is 0 Å². The summed E-state index contributed by atoms with van der Waals surface area (Å²) in [6.07, 6.45) is -2.02. The molecule has 0 aliphatic heterocycles. The van der Waals surface area contributed by atoms with Crippen molar-refractivity contribution in [1.29, 1.82) is 0 Å². The van der Waals surface area contributed by atoms with Crippen molar-refractivity contribution in [3.05, 3.63) is 35.9 Å². The highest BCUT2D eigenvalue weighted by Gasteiger charge is 2.23. The van der Waals surface area contributed by atoms with E-state index in [9.17, 15) is 24.3 Å². The quantitative estimate of drug-likeness (QED) is 0.471. The van der Waals surface area contributed by atoms with Gasteiger partial charge in [0.15, 0.2) is 0 Å². The molecule has 2 atom stereocenters. The van der Waals surface area contributed by atoms with Crippen LogP contribution in [0.25, 0.3) is 0 Å². The fourth-order valence-electron chi connectivity index (χ4n) is 2.25. The Labute approximate surface area is 163 Å². The van der Waals surface area contributed by atoms with E-state index in [0.29, 0.717) is 0 Å². The molecule has 0 radical (unpaired) electrons. The molecule has 9 heteroatoms. The van der Waals surface area contributed by atoms with E-state index >= 15 is 0 Å². The van der Waals surface area contributed by atoms with Crippen molar-refractivity contribution in [2.75, 3.05) is 13.7 Å².